The van der Waals surface area contributed by atoms with E-state index in [1.807, 2.05) is 0 Å². The van der Waals surface area contributed by atoms with Crippen LogP contribution >= 0.6 is 0 Å². The highest BCUT2D eigenvalue weighted by atomic mass is 15.1. The van der Waals surface area contributed by atoms with Gasteiger partial charge in [-0.25, -0.2) is 0 Å². The minimum absolute atomic E-state index is 0.587. The Balaban J connectivity index is 1.66. The molecule has 0 bridgehead atoms. The van der Waals surface area contributed by atoms with Gasteiger partial charge in [0.2, 0.25) is 0 Å². The molecule has 1 atom stereocenters. The molecule has 1 aliphatic rings. The van der Waals surface area contributed by atoms with Crippen molar-refractivity contribution in [1.29, 1.82) is 0 Å². The number of rotatable bonds is 7. The monoisotopic (exact) mass is 232 g/mol. The SMILES string of the molecule is CC(CN(C)Cc1ccccc1)NCC1CC1. The van der Waals surface area contributed by atoms with Crippen LogP contribution in [-0.4, -0.2) is 31.1 Å². The van der Waals surface area contributed by atoms with Crippen LogP contribution < -0.4 is 5.32 Å². The van der Waals surface area contributed by atoms with Crippen LogP contribution in [0.5, 0.6) is 0 Å². The van der Waals surface area contributed by atoms with Crippen LogP contribution in [-0.2, 0) is 6.54 Å². The van der Waals surface area contributed by atoms with Gasteiger partial charge < -0.3 is 10.2 Å². The first-order valence-corrected chi connectivity index (χ1v) is 6.70. The molecule has 0 spiro atoms. The van der Waals surface area contributed by atoms with Crippen molar-refractivity contribution in [2.75, 3.05) is 20.1 Å². The summed E-state index contributed by atoms with van der Waals surface area (Å²) in [5, 5.41) is 3.62. The Morgan fingerprint density at radius 1 is 1.29 bits per heavy atom. The maximum atomic E-state index is 3.62. The third-order valence-corrected chi connectivity index (χ3v) is 3.33. The first kappa shape index (κ1) is 12.6. The number of nitrogens with zero attached hydrogens (tertiary/aromatic N) is 1. The molecule has 2 nitrogen and oxygen atoms in total. The number of hydrogen-bond acceptors (Lipinski definition) is 2. The molecule has 94 valence electrons. The lowest BCUT2D eigenvalue weighted by Gasteiger charge is -2.22. The van der Waals surface area contributed by atoms with Crippen LogP contribution in [0.2, 0.25) is 0 Å². The van der Waals surface area contributed by atoms with E-state index in [9.17, 15) is 0 Å². The van der Waals surface area contributed by atoms with E-state index < -0.39 is 0 Å². The number of hydrogen-bond donors (Lipinski definition) is 1. The molecule has 0 aliphatic heterocycles. The van der Waals surface area contributed by atoms with E-state index in [1.54, 1.807) is 0 Å². The molecule has 2 rings (SSSR count). The molecule has 1 N–H and O–H groups in total. The zero-order chi connectivity index (χ0) is 12.1. The van der Waals surface area contributed by atoms with Gasteiger partial charge >= 0.3 is 0 Å². The molecule has 1 saturated carbocycles. The molecular weight excluding hydrogens is 208 g/mol. The van der Waals surface area contributed by atoms with Gasteiger partial charge in [-0.05, 0) is 44.8 Å². The Bertz CT molecular complexity index is 319. The van der Waals surface area contributed by atoms with Crippen LogP contribution in [0.4, 0.5) is 0 Å². The van der Waals surface area contributed by atoms with E-state index in [0.717, 1.165) is 19.0 Å². The first-order chi connectivity index (χ1) is 8.24. The van der Waals surface area contributed by atoms with E-state index in [0.29, 0.717) is 6.04 Å². The molecule has 0 amide bonds. The van der Waals surface area contributed by atoms with Gasteiger partial charge in [-0.15, -0.1) is 0 Å². The predicted molar refractivity (Wildman–Crippen MR) is 73.0 cm³/mol. The van der Waals surface area contributed by atoms with Crippen LogP contribution in [0.3, 0.4) is 0 Å². The number of likely N-dealkylation sites (N-methyl/N-ethyl adjacent to an activating group) is 1. The first-order valence-electron chi connectivity index (χ1n) is 6.70. The second kappa shape index (κ2) is 6.18. The van der Waals surface area contributed by atoms with Gasteiger partial charge in [-0.3, -0.25) is 0 Å². The zero-order valence-electron chi connectivity index (χ0n) is 11.0. The fourth-order valence-electron chi connectivity index (χ4n) is 2.18. The molecule has 0 saturated heterocycles. The zero-order valence-corrected chi connectivity index (χ0v) is 11.0. The Morgan fingerprint density at radius 3 is 2.65 bits per heavy atom. The van der Waals surface area contributed by atoms with Gasteiger partial charge in [0.1, 0.15) is 0 Å². The van der Waals surface area contributed by atoms with Crippen LogP contribution in [0, 0.1) is 5.92 Å². The topological polar surface area (TPSA) is 15.3 Å². The van der Waals surface area contributed by atoms with Crippen molar-refractivity contribution in [2.24, 2.45) is 5.92 Å². The maximum absolute atomic E-state index is 3.62. The van der Waals surface area contributed by atoms with Crippen LogP contribution in [0.25, 0.3) is 0 Å². The summed E-state index contributed by atoms with van der Waals surface area (Å²) in [5.41, 5.74) is 1.39. The quantitative estimate of drug-likeness (QED) is 0.777. The lowest BCUT2D eigenvalue weighted by molar-refractivity contribution is 0.288. The van der Waals surface area contributed by atoms with Crippen molar-refractivity contribution < 1.29 is 0 Å². The minimum atomic E-state index is 0.587. The summed E-state index contributed by atoms with van der Waals surface area (Å²) >= 11 is 0. The van der Waals surface area contributed by atoms with Crippen molar-refractivity contribution >= 4 is 0 Å². The Hall–Kier alpha value is -0.860. The van der Waals surface area contributed by atoms with E-state index in [1.165, 1.54) is 24.9 Å². The van der Waals surface area contributed by atoms with Crippen LogP contribution in [0.1, 0.15) is 25.3 Å². The minimum Gasteiger partial charge on any atom is -0.313 e. The summed E-state index contributed by atoms with van der Waals surface area (Å²) in [4.78, 5) is 2.39. The molecule has 1 fully saturated rings. The highest BCUT2D eigenvalue weighted by Gasteiger charge is 2.21. The van der Waals surface area contributed by atoms with Gasteiger partial charge in [0.25, 0.3) is 0 Å². The summed E-state index contributed by atoms with van der Waals surface area (Å²) in [6, 6.07) is 11.3. The fourth-order valence-corrected chi connectivity index (χ4v) is 2.18. The summed E-state index contributed by atoms with van der Waals surface area (Å²) < 4.78 is 0. The normalized spacial score (nSPS) is 17.4. The van der Waals surface area contributed by atoms with Crippen molar-refractivity contribution in [3.8, 4) is 0 Å². The largest absolute Gasteiger partial charge is 0.313 e. The number of nitrogens with one attached hydrogen (secondary N) is 1. The fraction of sp³-hybridized carbons (Fsp3) is 0.600. The molecular formula is C15H24N2. The predicted octanol–water partition coefficient (Wildman–Crippen LogP) is 2.51. The summed E-state index contributed by atoms with van der Waals surface area (Å²) in [5.74, 6) is 0.969. The molecule has 0 heterocycles. The Kier molecular flexibility index (Phi) is 4.57. The van der Waals surface area contributed by atoms with Gasteiger partial charge in [-0.2, -0.15) is 0 Å². The Labute approximate surface area is 105 Å². The smallest absolute Gasteiger partial charge is 0.0231 e. The standard InChI is InChI=1S/C15H24N2/c1-13(16-10-14-8-9-14)11-17(2)12-15-6-4-3-5-7-15/h3-7,13-14,16H,8-12H2,1-2H3. The van der Waals surface area contributed by atoms with Gasteiger partial charge in [0.05, 0.1) is 0 Å². The molecule has 1 aromatic carbocycles. The summed E-state index contributed by atoms with van der Waals surface area (Å²) in [6.07, 6.45) is 2.86. The lowest BCUT2D eigenvalue weighted by Crippen LogP contribution is -2.38. The molecule has 0 radical (unpaired) electrons. The lowest BCUT2D eigenvalue weighted by atomic mass is 10.2. The van der Waals surface area contributed by atoms with Crippen LogP contribution in [0.15, 0.2) is 30.3 Å². The van der Waals surface area contributed by atoms with Gasteiger partial charge in [-0.1, -0.05) is 30.3 Å². The third kappa shape index (κ3) is 4.88. The number of benzene rings is 1. The summed E-state index contributed by atoms with van der Waals surface area (Å²) in [7, 11) is 2.20. The van der Waals surface area contributed by atoms with Crippen molar-refractivity contribution in [3.63, 3.8) is 0 Å². The Morgan fingerprint density at radius 2 is 2.00 bits per heavy atom. The second-order valence-corrected chi connectivity index (χ2v) is 5.44. The van der Waals surface area contributed by atoms with Crippen molar-refractivity contribution in [3.05, 3.63) is 35.9 Å². The van der Waals surface area contributed by atoms with Crippen molar-refractivity contribution in [1.82, 2.24) is 10.2 Å². The van der Waals surface area contributed by atoms with Gasteiger partial charge in [0.15, 0.2) is 0 Å². The maximum Gasteiger partial charge on any atom is 0.0231 e. The van der Waals surface area contributed by atoms with Crippen molar-refractivity contribution in [2.45, 2.75) is 32.4 Å². The van der Waals surface area contributed by atoms with E-state index >= 15 is 0 Å². The van der Waals surface area contributed by atoms with E-state index in [-0.39, 0.29) is 0 Å². The molecule has 1 aliphatic carbocycles. The molecule has 2 heteroatoms. The average molecular weight is 232 g/mol. The van der Waals surface area contributed by atoms with E-state index in [4.69, 9.17) is 0 Å². The molecule has 1 unspecified atom stereocenters. The van der Waals surface area contributed by atoms with E-state index in [2.05, 4.69) is 54.5 Å². The highest BCUT2D eigenvalue weighted by molar-refractivity contribution is 5.14. The molecule has 1 aromatic rings. The van der Waals surface area contributed by atoms with Gasteiger partial charge in [0, 0.05) is 19.1 Å². The average Bonchev–Trinajstić information content (AvgIpc) is 3.11. The molecule has 17 heavy (non-hydrogen) atoms. The highest BCUT2D eigenvalue weighted by Crippen LogP contribution is 2.27. The second-order valence-electron chi connectivity index (χ2n) is 5.44. The third-order valence-electron chi connectivity index (χ3n) is 3.33. The summed E-state index contributed by atoms with van der Waals surface area (Å²) in [6.45, 7) is 5.64. The molecule has 0 aromatic heterocycles.